The van der Waals surface area contributed by atoms with Crippen LogP contribution in [-0.2, 0) is 9.59 Å². The highest BCUT2D eigenvalue weighted by atomic mass is 79.9. The lowest BCUT2D eigenvalue weighted by Crippen LogP contribution is -2.54. The monoisotopic (exact) mass is 380 g/mol. The number of nitrogens with one attached hydrogen (secondary N) is 3. The van der Waals surface area contributed by atoms with E-state index in [4.69, 9.17) is 0 Å². The molecule has 2 fully saturated rings. The summed E-state index contributed by atoms with van der Waals surface area (Å²) in [6.07, 6.45) is 1.09. The van der Waals surface area contributed by atoms with Crippen LogP contribution in [-0.4, -0.2) is 47.9 Å². The first-order valence-corrected chi connectivity index (χ1v) is 8.20. The van der Waals surface area contributed by atoms with Gasteiger partial charge in [0.25, 0.3) is 5.91 Å². The Morgan fingerprint density at radius 3 is 2.52 bits per heavy atom. The third-order valence-electron chi connectivity index (χ3n) is 4.13. The molecule has 0 bridgehead atoms. The highest BCUT2D eigenvalue weighted by Gasteiger charge is 2.51. The quantitative estimate of drug-likeness (QED) is 0.683. The second-order valence-electron chi connectivity index (χ2n) is 5.71. The molecule has 8 heteroatoms. The first kappa shape index (κ1) is 15.9. The number of imide groups is 1. The number of hydrogen-bond acceptors (Lipinski definition) is 4. The van der Waals surface area contributed by atoms with E-state index in [9.17, 15) is 14.4 Å². The van der Waals surface area contributed by atoms with Crippen LogP contribution in [0.4, 0.5) is 10.5 Å². The van der Waals surface area contributed by atoms with Crippen molar-refractivity contribution >= 4 is 39.5 Å². The van der Waals surface area contributed by atoms with Gasteiger partial charge in [-0.25, -0.2) is 4.79 Å². The van der Waals surface area contributed by atoms with Gasteiger partial charge in [-0.3, -0.25) is 14.5 Å². The van der Waals surface area contributed by atoms with Crippen LogP contribution < -0.4 is 16.0 Å². The number of carbonyl (C=O) groups excluding carboxylic acids is 3. The topological polar surface area (TPSA) is 90.5 Å². The van der Waals surface area contributed by atoms with Crippen LogP contribution in [0.5, 0.6) is 0 Å². The number of benzene rings is 1. The molecule has 2 saturated heterocycles. The predicted molar refractivity (Wildman–Crippen MR) is 87.9 cm³/mol. The fraction of sp³-hybridized carbons (Fsp3) is 0.400. The van der Waals surface area contributed by atoms with Crippen LogP contribution in [0.15, 0.2) is 28.7 Å². The van der Waals surface area contributed by atoms with Crippen molar-refractivity contribution in [3.63, 3.8) is 0 Å². The summed E-state index contributed by atoms with van der Waals surface area (Å²) in [5, 5.41) is 8.60. The molecule has 3 rings (SSSR count). The number of piperidine rings is 1. The number of halogens is 1. The Morgan fingerprint density at radius 2 is 1.87 bits per heavy atom. The van der Waals surface area contributed by atoms with Crippen LogP contribution in [0.1, 0.15) is 12.8 Å². The molecule has 1 spiro atoms. The highest BCUT2D eigenvalue weighted by Crippen LogP contribution is 2.26. The molecule has 0 aromatic heterocycles. The van der Waals surface area contributed by atoms with Gasteiger partial charge >= 0.3 is 6.03 Å². The Balaban J connectivity index is 1.65. The molecule has 4 amide bonds. The predicted octanol–water partition coefficient (Wildman–Crippen LogP) is 1.06. The number of hydrogen-bond donors (Lipinski definition) is 3. The molecule has 2 heterocycles. The Bertz CT molecular complexity index is 641. The van der Waals surface area contributed by atoms with Gasteiger partial charge in [0.05, 0.1) is 0 Å². The SMILES string of the molecule is O=C(CN1C(=O)NC2(CCNCC2)C1=O)Nc1ccc(Br)cc1. The van der Waals surface area contributed by atoms with E-state index in [0.29, 0.717) is 31.6 Å². The summed E-state index contributed by atoms with van der Waals surface area (Å²) >= 11 is 3.32. The van der Waals surface area contributed by atoms with E-state index in [0.717, 1.165) is 9.37 Å². The van der Waals surface area contributed by atoms with E-state index < -0.39 is 17.5 Å². The Labute approximate surface area is 141 Å². The average Bonchev–Trinajstić information content (AvgIpc) is 2.75. The van der Waals surface area contributed by atoms with Gasteiger partial charge in [-0.15, -0.1) is 0 Å². The van der Waals surface area contributed by atoms with Gasteiger partial charge in [0, 0.05) is 10.2 Å². The Morgan fingerprint density at radius 1 is 1.22 bits per heavy atom. The highest BCUT2D eigenvalue weighted by molar-refractivity contribution is 9.10. The summed E-state index contributed by atoms with van der Waals surface area (Å²) in [4.78, 5) is 37.7. The number of nitrogens with zero attached hydrogens (tertiary/aromatic N) is 1. The van der Waals surface area contributed by atoms with Crippen molar-refractivity contribution in [3.05, 3.63) is 28.7 Å². The maximum Gasteiger partial charge on any atom is 0.325 e. The van der Waals surface area contributed by atoms with Crippen LogP contribution in [0.3, 0.4) is 0 Å². The Hall–Kier alpha value is -1.93. The minimum atomic E-state index is -0.847. The molecule has 1 aromatic rings. The second kappa shape index (κ2) is 6.29. The normalized spacial score (nSPS) is 19.8. The number of anilines is 1. The van der Waals surface area contributed by atoms with Crippen LogP contribution in [0.25, 0.3) is 0 Å². The van der Waals surface area contributed by atoms with E-state index in [-0.39, 0.29) is 12.5 Å². The summed E-state index contributed by atoms with van der Waals surface area (Å²) in [7, 11) is 0. The molecule has 0 atom stereocenters. The zero-order valence-corrected chi connectivity index (χ0v) is 14.0. The summed E-state index contributed by atoms with van der Waals surface area (Å²) in [5.74, 6) is -0.711. The maximum absolute atomic E-state index is 12.6. The minimum Gasteiger partial charge on any atom is -0.325 e. The van der Waals surface area contributed by atoms with Crippen molar-refractivity contribution in [1.82, 2.24) is 15.5 Å². The number of carbonyl (C=O) groups is 3. The molecule has 0 saturated carbocycles. The van der Waals surface area contributed by atoms with Gasteiger partial charge in [0.15, 0.2) is 0 Å². The van der Waals surface area contributed by atoms with Gasteiger partial charge in [-0.1, -0.05) is 15.9 Å². The standard InChI is InChI=1S/C15H17BrN4O3/c16-10-1-3-11(4-2-10)18-12(21)9-20-13(22)15(19-14(20)23)5-7-17-8-6-15/h1-4,17H,5-9H2,(H,18,21)(H,19,23). The van der Waals surface area contributed by atoms with Crippen molar-refractivity contribution in [2.75, 3.05) is 25.0 Å². The van der Waals surface area contributed by atoms with E-state index in [1.165, 1.54) is 0 Å². The molecule has 7 nitrogen and oxygen atoms in total. The average molecular weight is 381 g/mol. The number of urea groups is 1. The van der Waals surface area contributed by atoms with Crippen molar-refractivity contribution in [3.8, 4) is 0 Å². The van der Waals surface area contributed by atoms with Crippen molar-refractivity contribution in [1.29, 1.82) is 0 Å². The largest absolute Gasteiger partial charge is 0.325 e. The zero-order valence-electron chi connectivity index (χ0n) is 12.4. The summed E-state index contributed by atoms with van der Waals surface area (Å²) in [6.45, 7) is 1.06. The Kier molecular flexibility index (Phi) is 4.36. The zero-order chi connectivity index (χ0) is 16.4. The van der Waals surface area contributed by atoms with Gasteiger partial charge in [0.1, 0.15) is 12.1 Å². The third-order valence-corrected chi connectivity index (χ3v) is 4.66. The molecule has 0 unspecified atom stereocenters. The van der Waals surface area contributed by atoms with Crippen LogP contribution in [0, 0.1) is 0 Å². The molecule has 2 aliphatic rings. The lowest BCUT2D eigenvalue weighted by molar-refractivity contribution is -0.134. The van der Waals surface area contributed by atoms with E-state index in [2.05, 4.69) is 31.9 Å². The molecular formula is C15H17BrN4O3. The minimum absolute atomic E-state index is 0.282. The molecule has 3 N–H and O–H groups in total. The third kappa shape index (κ3) is 3.23. The molecule has 23 heavy (non-hydrogen) atoms. The van der Waals surface area contributed by atoms with Crippen molar-refractivity contribution in [2.45, 2.75) is 18.4 Å². The summed E-state index contributed by atoms with van der Waals surface area (Å²) in [5.41, 5.74) is -0.234. The van der Waals surface area contributed by atoms with E-state index >= 15 is 0 Å². The van der Waals surface area contributed by atoms with Crippen LogP contribution >= 0.6 is 15.9 Å². The molecular weight excluding hydrogens is 364 g/mol. The maximum atomic E-state index is 12.6. The lowest BCUT2D eigenvalue weighted by atomic mass is 9.88. The molecule has 0 radical (unpaired) electrons. The van der Waals surface area contributed by atoms with E-state index in [1.54, 1.807) is 24.3 Å². The number of rotatable bonds is 3. The first-order chi connectivity index (χ1) is 11.0. The summed E-state index contributed by atoms with van der Waals surface area (Å²) in [6, 6.07) is 6.58. The van der Waals surface area contributed by atoms with Gasteiger partial charge in [-0.2, -0.15) is 0 Å². The van der Waals surface area contributed by atoms with Gasteiger partial charge in [-0.05, 0) is 50.2 Å². The second-order valence-corrected chi connectivity index (χ2v) is 6.62. The molecule has 122 valence electrons. The van der Waals surface area contributed by atoms with Gasteiger partial charge < -0.3 is 16.0 Å². The van der Waals surface area contributed by atoms with Crippen LogP contribution in [0.2, 0.25) is 0 Å². The molecule has 1 aromatic carbocycles. The number of amides is 4. The van der Waals surface area contributed by atoms with Crippen molar-refractivity contribution < 1.29 is 14.4 Å². The first-order valence-electron chi connectivity index (χ1n) is 7.40. The van der Waals surface area contributed by atoms with Gasteiger partial charge in [0.2, 0.25) is 5.91 Å². The fourth-order valence-corrected chi connectivity index (χ4v) is 3.15. The molecule has 0 aliphatic carbocycles. The van der Waals surface area contributed by atoms with E-state index in [1.807, 2.05) is 0 Å². The fourth-order valence-electron chi connectivity index (χ4n) is 2.89. The lowest BCUT2D eigenvalue weighted by Gasteiger charge is -2.30. The smallest absolute Gasteiger partial charge is 0.325 e. The summed E-state index contributed by atoms with van der Waals surface area (Å²) < 4.78 is 0.900. The van der Waals surface area contributed by atoms with Crippen molar-refractivity contribution in [2.24, 2.45) is 0 Å². The molecule has 2 aliphatic heterocycles.